The summed E-state index contributed by atoms with van der Waals surface area (Å²) in [5.41, 5.74) is -0.623. The second-order valence-electron chi connectivity index (χ2n) is 5.51. The molecule has 23 heavy (non-hydrogen) atoms. The minimum absolute atomic E-state index is 0.167. The van der Waals surface area contributed by atoms with Gasteiger partial charge in [-0.25, -0.2) is 0 Å². The van der Waals surface area contributed by atoms with Gasteiger partial charge in [-0.3, -0.25) is 4.79 Å². The molecule has 1 fully saturated rings. The highest BCUT2D eigenvalue weighted by molar-refractivity contribution is 5.96. The van der Waals surface area contributed by atoms with Crippen molar-refractivity contribution in [3.05, 3.63) is 23.8 Å². The van der Waals surface area contributed by atoms with Gasteiger partial charge in [0.05, 0.1) is 24.3 Å². The van der Waals surface area contributed by atoms with E-state index in [1.54, 1.807) is 6.92 Å². The highest BCUT2D eigenvalue weighted by Gasteiger charge is 2.33. The lowest BCUT2D eigenvalue weighted by atomic mass is 9.97. The Labute approximate surface area is 133 Å². The van der Waals surface area contributed by atoms with Gasteiger partial charge >= 0.3 is 6.18 Å². The van der Waals surface area contributed by atoms with Crippen molar-refractivity contribution in [2.45, 2.75) is 25.9 Å². The zero-order chi connectivity index (χ0) is 17.0. The number of halogens is 3. The monoisotopic (exact) mass is 330 g/mol. The Hall–Kier alpha value is -1.76. The molecule has 1 aliphatic rings. The number of nitrogens with one attached hydrogen (secondary N) is 1. The molecule has 1 heterocycles. The summed E-state index contributed by atoms with van der Waals surface area (Å²) in [6.07, 6.45) is -2.84. The van der Waals surface area contributed by atoms with Crippen molar-refractivity contribution in [2.24, 2.45) is 5.92 Å². The molecule has 1 unspecified atom stereocenters. The van der Waals surface area contributed by atoms with Crippen molar-refractivity contribution < 1.29 is 22.7 Å². The topological polar surface area (TPSA) is 41.6 Å². The van der Waals surface area contributed by atoms with Crippen LogP contribution in [0, 0.1) is 5.92 Å². The molecule has 0 saturated carbocycles. The maximum Gasteiger partial charge on any atom is 0.416 e. The van der Waals surface area contributed by atoms with Crippen LogP contribution in [0.4, 0.5) is 18.9 Å². The Morgan fingerprint density at radius 2 is 2.17 bits per heavy atom. The van der Waals surface area contributed by atoms with E-state index >= 15 is 0 Å². The quantitative estimate of drug-likeness (QED) is 0.922. The lowest BCUT2D eigenvalue weighted by molar-refractivity contribution is -0.137. The van der Waals surface area contributed by atoms with Crippen LogP contribution in [-0.4, -0.2) is 32.7 Å². The number of ether oxygens (including phenoxy) is 1. The molecular weight excluding hydrogens is 309 g/mol. The number of carbonyl (C=O) groups excluding carboxylic acids is 1. The van der Waals surface area contributed by atoms with Gasteiger partial charge in [-0.05, 0) is 44.5 Å². The van der Waals surface area contributed by atoms with Crippen LogP contribution in [0.3, 0.4) is 0 Å². The first-order valence-electron chi connectivity index (χ1n) is 7.65. The number of anilines is 1. The minimum atomic E-state index is -4.46. The summed E-state index contributed by atoms with van der Waals surface area (Å²) in [5, 5.41) is 3.15. The maximum absolute atomic E-state index is 13.0. The first-order chi connectivity index (χ1) is 10.9. The van der Waals surface area contributed by atoms with Crippen LogP contribution < -0.4 is 15.0 Å². The van der Waals surface area contributed by atoms with Crippen LogP contribution in [0.2, 0.25) is 0 Å². The van der Waals surface area contributed by atoms with Crippen molar-refractivity contribution in [3.8, 4) is 5.75 Å². The SMILES string of the molecule is CCN(C(=O)C1CCCNC1)c1cc(C(F)(F)F)ccc1OC. The van der Waals surface area contributed by atoms with Crippen LogP contribution in [0.5, 0.6) is 5.75 Å². The Balaban J connectivity index is 2.36. The third-order valence-corrected chi connectivity index (χ3v) is 4.03. The fourth-order valence-electron chi connectivity index (χ4n) is 2.81. The number of nitrogens with zero attached hydrogens (tertiary/aromatic N) is 1. The van der Waals surface area contributed by atoms with Crippen molar-refractivity contribution >= 4 is 11.6 Å². The van der Waals surface area contributed by atoms with E-state index in [9.17, 15) is 18.0 Å². The summed E-state index contributed by atoms with van der Waals surface area (Å²) < 4.78 is 44.1. The maximum atomic E-state index is 13.0. The van der Waals surface area contributed by atoms with Gasteiger partial charge in [-0.2, -0.15) is 13.2 Å². The number of methoxy groups -OCH3 is 1. The fraction of sp³-hybridized carbons (Fsp3) is 0.562. The Bertz CT molecular complexity index is 555. The predicted molar refractivity (Wildman–Crippen MR) is 81.6 cm³/mol. The number of alkyl halides is 3. The molecule has 1 aliphatic heterocycles. The van der Waals surface area contributed by atoms with E-state index in [0.29, 0.717) is 6.54 Å². The molecule has 128 valence electrons. The van der Waals surface area contributed by atoms with Gasteiger partial charge in [0, 0.05) is 13.1 Å². The van der Waals surface area contributed by atoms with Gasteiger partial charge in [0.1, 0.15) is 5.75 Å². The molecule has 1 amide bonds. The van der Waals surface area contributed by atoms with Crippen LogP contribution in [-0.2, 0) is 11.0 Å². The average molecular weight is 330 g/mol. The van der Waals surface area contributed by atoms with Crippen LogP contribution >= 0.6 is 0 Å². The van der Waals surface area contributed by atoms with Gasteiger partial charge in [0.25, 0.3) is 0 Å². The van der Waals surface area contributed by atoms with E-state index < -0.39 is 11.7 Å². The summed E-state index contributed by atoms with van der Waals surface area (Å²) >= 11 is 0. The van der Waals surface area contributed by atoms with E-state index in [-0.39, 0.29) is 29.8 Å². The minimum Gasteiger partial charge on any atom is -0.495 e. The largest absolute Gasteiger partial charge is 0.495 e. The summed E-state index contributed by atoms with van der Waals surface area (Å²) in [6.45, 7) is 3.44. The van der Waals surface area contributed by atoms with Crippen LogP contribution in [0.1, 0.15) is 25.3 Å². The van der Waals surface area contributed by atoms with E-state index in [0.717, 1.165) is 31.5 Å². The van der Waals surface area contributed by atoms with Crippen LogP contribution in [0.25, 0.3) is 0 Å². The normalized spacial score (nSPS) is 18.6. The molecule has 1 aromatic rings. The number of carbonyl (C=O) groups is 1. The van der Waals surface area contributed by atoms with Crippen molar-refractivity contribution in [2.75, 3.05) is 31.6 Å². The van der Waals surface area contributed by atoms with E-state index in [1.807, 2.05) is 0 Å². The second kappa shape index (κ2) is 7.21. The van der Waals surface area contributed by atoms with E-state index in [1.165, 1.54) is 18.1 Å². The summed E-state index contributed by atoms with van der Waals surface area (Å²) in [4.78, 5) is 14.1. The Morgan fingerprint density at radius 3 is 2.70 bits per heavy atom. The molecule has 7 heteroatoms. The molecule has 0 bridgehead atoms. The standard InChI is InChI=1S/C16H21F3N2O2/c1-3-21(15(22)11-5-4-8-20-10-11)13-9-12(16(17,18)19)6-7-14(13)23-2/h6-7,9,11,20H,3-5,8,10H2,1-2H3. The molecule has 1 N–H and O–H groups in total. The molecule has 4 nitrogen and oxygen atoms in total. The molecule has 0 spiro atoms. The number of piperidine rings is 1. The van der Waals surface area contributed by atoms with E-state index in [4.69, 9.17) is 4.74 Å². The van der Waals surface area contributed by atoms with Gasteiger partial charge < -0.3 is 15.0 Å². The number of benzene rings is 1. The summed E-state index contributed by atoms with van der Waals surface area (Å²) in [6, 6.07) is 3.20. The summed E-state index contributed by atoms with van der Waals surface area (Å²) in [7, 11) is 1.38. The fourth-order valence-corrected chi connectivity index (χ4v) is 2.81. The molecule has 0 aromatic heterocycles. The number of rotatable bonds is 4. The van der Waals surface area contributed by atoms with Crippen molar-refractivity contribution in [1.82, 2.24) is 5.32 Å². The van der Waals surface area contributed by atoms with Crippen LogP contribution in [0.15, 0.2) is 18.2 Å². The zero-order valence-corrected chi connectivity index (χ0v) is 13.2. The Kier molecular flexibility index (Phi) is 5.51. The molecule has 1 aromatic carbocycles. The van der Waals surface area contributed by atoms with Crippen molar-refractivity contribution in [1.29, 1.82) is 0 Å². The first kappa shape index (κ1) is 17.6. The third kappa shape index (κ3) is 3.96. The van der Waals surface area contributed by atoms with Gasteiger partial charge in [-0.1, -0.05) is 0 Å². The zero-order valence-electron chi connectivity index (χ0n) is 13.2. The summed E-state index contributed by atoms with van der Waals surface area (Å²) in [5.74, 6) is -0.128. The lowest BCUT2D eigenvalue weighted by Crippen LogP contribution is -2.43. The van der Waals surface area contributed by atoms with Gasteiger partial charge in [-0.15, -0.1) is 0 Å². The smallest absolute Gasteiger partial charge is 0.416 e. The molecular formula is C16H21F3N2O2. The number of hydrogen-bond acceptors (Lipinski definition) is 3. The Morgan fingerprint density at radius 1 is 1.43 bits per heavy atom. The van der Waals surface area contributed by atoms with E-state index in [2.05, 4.69) is 5.32 Å². The lowest BCUT2D eigenvalue weighted by Gasteiger charge is -2.30. The van der Waals surface area contributed by atoms with Gasteiger partial charge in [0.2, 0.25) is 5.91 Å². The highest BCUT2D eigenvalue weighted by Crippen LogP contribution is 2.37. The molecule has 1 atom stereocenters. The second-order valence-corrected chi connectivity index (χ2v) is 5.51. The molecule has 0 radical (unpaired) electrons. The molecule has 0 aliphatic carbocycles. The van der Waals surface area contributed by atoms with Gasteiger partial charge in [0.15, 0.2) is 0 Å². The predicted octanol–water partition coefficient (Wildman–Crippen LogP) is 3.07. The average Bonchev–Trinajstić information content (AvgIpc) is 2.55. The number of hydrogen-bond donors (Lipinski definition) is 1. The first-order valence-corrected chi connectivity index (χ1v) is 7.65. The van der Waals surface area contributed by atoms with Crippen molar-refractivity contribution in [3.63, 3.8) is 0 Å². The highest BCUT2D eigenvalue weighted by atomic mass is 19.4. The molecule has 2 rings (SSSR count). The number of amides is 1. The third-order valence-electron chi connectivity index (χ3n) is 4.03. The molecule has 1 saturated heterocycles.